The highest BCUT2D eigenvalue weighted by molar-refractivity contribution is 4.98. The summed E-state index contributed by atoms with van der Waals surface area (Å²) in [7, 11) is 0. The Morgan fingerprint density at radius 1 is 0.196 bits per heavy atom. The largest absolute Gasteiger partial charge is 0.294 e. The molecule has 0 radical (unpaired) electrons. The molecule has 6 unspecified atom stereocenters. The van der Waals surface area contributed by atoms with Crippen LogP contribution >= 0.6 is 0 Å². The molecule has 0 bridgehead atoms. The van der Waals surface area contributed by atoms with E-state index in [-0.39, 0.29) is 0 Å². The van der Waals surface area contributed by atoms with Gasteiger partial charge in [0.1, 0.15) is 0 Å². The molecule has 0 aromatic heterocycles. The van der Waals surface area contributed by atoms with Gasteiger partial charge < -0.3 is 0 Å². The first-order valence-corrected chi connectivity index (χ1v) is 22.3. The summed E-state index contributed by atoms with van der Waals surface area (Å²) in [5.41, 5.74) is 0. The normalized spacial score (nSPS) is 43.7. The van der Waals surface area contributed by atoms with Gasteiger partial charge in [0.05, 0.1) is 0 Å². The molecule has 0 aliphatic heterocycles. The van der Waals surface area contributed by atoms with Crippen molar-refractivity contribution in [2.24, 2.45) is 35.5 Å². The van der Waals surface area contributed by atoms with Gasteiger partial charge in [0.25, 0.3) is 0 Å². The van der Waals surface area contributed by atoms with Crippen LogP contribution < -0.4 is 0 Å². The molecule has 262 valence electrons. The quantitative estimate of drug-likeness (QED) is 0.275. The molecule has 6 atom stereocenters. The summed E-state index contributed by atoms with van der Waals surface area (Å²) in [5.74, 6) is 6.47. The second-order valence-electron chi connectivity index (χ2n) is 19.2. The van der Waals surface area contributed by atoms with Gasteiger partial charge in [0.2, 0.25) is 0 Å². The minimum Gasteiger partial charge on any atom is -0.294 e. The second-order valence-corrected chi connectivity index (χ2v) is 19.2. The van der Waals surface area contributed by atoms with Gasteiger partial charge in [-0.3, -0.25) is 9.80 Å². The van der Waals surface area contributed by atoms with Crippen LogP contribution in [0.2, 0.25) is 0 Å². The molecule has 0 amide bonds. The highest BCUT2D eigenvalue weighted by Crippen LogP contribution is 2.48. The maximum absolute atomic E-state index is 3.28. The van der Waals surface area contributed by atoms with E-state index in [1.54, 1.807) is 116 Å². The van der Waals surface area contributed by atoms with E-state index in [0.717, 1.165) is 71.8 Å². The lowest BCUT2D eigenvalue weighted by atomic mass is 9.67. The van der Waals surface area contributed by atoms with Gasteiger partial charge in [0.15, 0.2) is 0 Å². The van der Waals surface area contributed by atoms with Crippen molar-refractivity contribution in [3.05, 3.63) is 0 Å². The summed E-state index contributed by atoms with van der Waals surface area (Å²) >= 11 is 0. The Labute approximate surface area is 286 Å². The summed E-state index contributed by atoms with van der Waals surface area (Å²) in [4.78, 5) is 6.56. The molecule has 8 fully saturated rings. The molecular formula is C44H76N2. The van der Waals surface area contributed by atoms with Gasteiger partial charge in [-0.25, -0.2) is 0 Å². The molecule has 0 heterocycles. The molecule has 2 nitrogen and oxygen atoms in total. The molecule has 0 aromatic rings. The number of hydrogen-bond acceptors (Lipinski definition) is 2. The Kier molecular flexibility index (Phi) is 11.4. The first kappa shape index (κ1) is 33.1. The minimum absolute atomic E-state index is 0.928. The van der Waals surface area contributed by atoms with Crippen LogP contribution in [0.25, 0.3) is 0 Å². The van der Waals surface area contributed by atoms with Crippen molar-refractivity contribution in [3.63, 3.8) is 0 Å². The Morgan fingerprint density at radius 2 is 0.457 bits per heavy atom. The lowest BCUT2D eigenvalue weighted by Crippen LogP contribution is -2.54. The van der Waals surface area contributed by atoms with Crippen molar-refractivity contribution in [1.82, 2.24) is 9.80 Å². The average Bonchev–Trinajstić information content (AvgIpc) is 3.13. The third-order valence-electron chi connectivity index (χ3n) is 16.9. The zero-order valence-electron chi connectivity index (χ0n) is 30.5. The summed E-state index contributed by atoms with van der Waals surface area (Å²) in [6.45, 7) is 0. The number of nitrogens with zero attached hydrogens (tertiary/aromatic N) is 2. The average molecular weight is 633 g/mol. The first-order valence-electron chi connectivity index (χ1n) is 22.3. The van der Waals surface area contributed by atoms with E-state index in [9.17, 15) is 0 Å². The zero-order valence-corrected chi connectivity index (χ0v) is 30.5. The van der Waals surface area contributed by atoms with Crippen molar-refractivity contribution in [2.75, 3.05) is 0 Å². The van der Waals surface area contributed by atoms with Gasteiger partial charge in [-0.1, -0.05) is 89.9 Å². The first-order chi connectivity index (χ1) is 22.8. The number of fused-ring (bicyclic) bond motifs is 2. The van der Waals surface area contributed by atoms with E-state index in [4.69, 9.17) is 0 Å². The number of rotatable bonds is 7. The topological polar surface area (TPSA) is 6.48 Å². The van der Waals surface area contributed by atoms with Crippen LogP contribution in [0.3, 0.4) is 0 Å². The molecule has 2 heteroatoms. The Morgan fingerprint density at radius 3 is 0.826 bits per heavy atom. The molecule has 0 N–H and O–H groups in total. The van der Waals surface area contributed by atoms with E-state index < -0.39 is 0 Å². The fourth-order valence-corrected chi connectivity index (χ4v) is 14.5. The van der Waals surface area contributed by atoms with Gasteiger partial charge in [-0.2, -0.15) is 0 Å². The number of hydrogen-bond donors (Lipinski definition) is 0. The van der Waals surface area contributed by atoms with Crippen molar-refractivity contribution in [1.29, 1.82) is 0 Å². The summed E-state index contributed by atoms with van der Waals surface area (Å²) in [6, 6.07) is 5.61. The predicted molar refractivity (Wildman–Crippen MR) is 195 cm³/mol. The molecule has 0 aromatic carbocycles. The van der Waals surface area contributed by atoms with Crippen molar-refractivity contribution in [3.8, 4) is 0 Å². The minimum atomic E-state index is 0.928. The van der Waals surface area contributed by atoms with E-state index in [1.165, 1.54) is 89.9 Å². The van der Waals surface area contributed by atoms with Crippen LogP contribution in [0.1, 0.15) is 205 Å². The van der Waals surface area contributed by atoms with Gasteiger partial charge in [-0.15, -0.1) is 0 Å². The van der Waals surface area contributed by atoms with Gasteiger partial charge in [0, 0.05) is 36.3 Å². The van der Waals surface area contributed by atoms with Crippen LogP contribution in [-0.2, 0) is 0 Å². The third-order valence-corrected chi connectivity index (χ3v) is 16.9. The lowest BCUT2D eigenvalue weighted by molar-refractivity contribution is -0.0249. The Balaban J connectivity index is 0.872. The smallest absolute Gasteiger partial charge is 0.0104 e. The van der Waals surface area contributed by atoms with Gasteiger partial charge in [-0.05, 0) is 151 Å². The maximum Gasteiger partial charge on any atom is 0.0104 e. The van der Waals surface area contributed by atoms with Crippen LogP contribution in [0.4, 0.5) is 0 Å². The Bertz CT molecular complexity index is 829. The molecule has 0 saturated heterocycles. The summed E-state index contributed by atoms with van der Waals surface area (Å²) < 4.78 is 0. The van der Waals surface area contributed by atoms with Crippen molar-refractivity contribution in [2.45, 2.75) is 242 Å². The van der Waals surface area contributed by atoms with Crippen LogP contribution in [0.5, 0.6) is 0 Å². The summed E-state index contributed by atoms with van der Waals surface area (Å²) in [5, 5.41) is 0. The second kappa shape index (κ2) is 15.9. The van der Waals surface area contributed by atoms with E-state index in [1.807, 2.05) is 0 Å². The summed E-state index contributed by atoms with van der Waals surface area (Å²) in [6.07, 6.45) is 49.4. The molecule has 46 heavy (non-hydrogen) atoms. The van der Waals surface area contributed by atoms with Crippen LogP contribution in [-0.4, -0.2) is 46.1 Å². The van der Waals surface area contributed by atoms with E-state index in [2.05, 4.69) is 9.80 Å². The monoisotopic (exact) mass is 633 g/mol. The van der Waals surface area contributed by atoms with Crippen LogP contribution in [0.15, 0.2) is 0 Å². The van der Waals surface area contributed by atoms with Crippen molar-refractivity contribution >= 4 is 0 Å². The molecule has 8 aliphatic rings. The molecule has 0 spiro atoms. The van der Waals surface area contributed by atoms with E-state index >= 15 is 0 Å². The lowest BCUT2D eigenvalue weighted by Gasteiger charge is -2.52. The highest BCUT2D eigenvalue weighted by Gasteiger charge is 2.44. The molecule has 8 aliphatic carbocycles. The zero-order chi connectivity index (χ0) is 30.7. The highest BCUT2D eigenvalue weighted by atomic mass is 15.2. The third kappa shape index (κ3) is 7.49. The molecule has 8 rings (SSSR count). The maximum atomic E-state index is 3.28. The Hall–Kier alpha value is -0.0800. The van der Waals surface area contributed by atoms with Crippen molar-refractivity contribution < 1.29 is 0 Å². The fraction of sp³-hybridized carbons (Fsp3) is 1.00. The standard InChI is InChI=1S/C44H76N2/c1-3-15-39(16-4-1)45(43-29-23-33-11-7-9-13-37(33)31-43)41-25-19-35(20-26-41)36-21-27-42(28-22-36)46(40-17-5-2-6-18-40)44-30-24-34-12-8-10-14-38(34)32-44/h33-44H,1-32H2. The van der Waals surface area contributed by atoms with E-state index in [0.29, 0.717) is 0 Å². The molecule has 8 saturated carbocycles. The van der Waals surface area contributed by atoms with Gasteiger partial charge >= 0.3 is 0 Å². The van der Waals surface area contributed by atoms with Crippen LogP contribution in [0, 0.1) is 35.5 Å². The molecular weight excluding hydrogens is 556 g/mol. The SMILES string of the molecule is C1CCC(N(C2CCC(C3CCC(N(C4CCCCC4)C4CCC5CCCCC5C4)CC3)CC2)C2CCC3CCCCC3C2)CC1. The predicted octanol–water partition coefficient (Wildman–Crippen LogP) is 12.1. The fourth-order valence-electron chi connectivity index (χ4n) is 14.5.